The van der Waals surface area contributed by atoms with Crippen LogP contribution < -0.4 is 4.74 Å². The van der Waals surface area contributed by atoms with Crippen LogP contribution in [0.4, 0.5) is 0 Å². The molecular weight excluding hydrogens is 793 g/mol. The van der Waals surface area contributed by atoms with Crippen molar-refractivity contribution in [2.24, 2.45) is 16.7 Å². The summed E-state index contributed by atoms with van der Waals surface area (Å²) in [6, 6.07) is 19.3. The van der Waals surface area contributed by atoms with E-state index >= 15 is 0 Å². The van der Waals surface area contributed by atoms with E-state index in [1.54, 1.807) is 20.8 Å². The van der Waals surface area contributed by atoms with Crippen LogP contribution in [0.2, 0.25) is 0 Å². The van der Waals surface area contributed by atoms with Crippen molar-refractivity contribution in [3.8, 4) is 28.0 Å². The lowest BCUT2D eigenvalue weighted by Crippen LogP contribution is -2.46. The van der Waals surface area contributed by atoms with Crippen LogP contribution in [0.5, 0.6) is 5.75 Å². The largest absolute Gasteiger partial charge is 0.493 e. The highest BCUT2D eigenvalue weighted by molar-refractivity contribution is 5.87. The fraction of sp³-hybridized carbons (Fsp3) is 0.500. The minimum atomic E-state index is -0.777. The zero-order valence-electron chi connectivity index (χ0n) is 39.8. The van der Waals surface area contributed by atoms with E-state index in [-0.39, 0.29) is 25.8 Å². The zero-order chi connectivity index (χ0) is 47.1. The summed E-state index contributed by atoms with van der Waals surface area (Å²) in [5.74, 6) is -0.978. The van der Waals surface area contributed by atoms with Gasteiger partial charge in [-0.3, -0.25) is 0 Å². The molecule has 0 aliphatic rings. The van der Waals surface area contributed by atoms with E-state index in [0.29, 0.717) is 61.2 Å². The molecule has 0 spiro atoms. The van der Waals surface area contributed by atoms with Gasteiger partial charge in [-0.15, -0.1) is 0 Å². The monoisotopic (exact) mass is 867 g/mol. The fourth-order valence-corrected chi connectivity index (χ4v) is 7.41. The molecule has 3 rings (SSSR count). The van der Waals surface area contributed by atoms with Crippen LogP contribution in [0.25, 0.3) is 22.3 Å². The Labute approximate surface area is 377 Å². The van der Waals surface area contributed by atoms with E-state index in [0.717, 1.165) is 58.2 Å². The summed E-state index contributed by atoms with van der Waals surface area (Å²) in [7, 11) is 0. The Hall–Kier alpha value is -4.99. The van der Waals surface area contributed by atoms with Gasteiger partial charge in [0.1, 0.15) is 5.75 Å². The van der Waals surface area contributed by atoms with Crippen molar-refractivity contribution < 1.29 is 43.5 Å². The molecule has 3 aromatic carbocycles. The van der Waals surface area contributed by atoms with Gasteiger partial charge in [-0.25, -0.2) is 14.4 Å². The van der Waals surface area contributed by atoms with Crippen LogP contribution in [0.1, 0.15) is 117 Å². The molecule has 0 heterocycles. The molecule has 344 valence electrons. The molecule has 0 amide bonds. The van der Waals surface area contributed by atoms with Crippen molar-refractivity contribution in [2.45, 2.75) is 133 Å². The first-order valence-electron chi connectivity index (χ1n) is 22.4. The molecule has 0 saturated carbocycles. The molecule has 63 heavy (non-hydrogen) atoms. The quantitative estimate of drug-likeness (QED) is 0.0391. The molecule has 3 aromatic rings. The maximum Gasteiger partial charge on any atom is 0.333 e. The first-order valence-corrected chi connectivity index (χ1v) is 22.4. The highest BCUT2D eigenvalue weighted by Gasteiger charge is 2.39. The Morgan fingerprint density at radius 3 is 1.40 bits per heavy atom. The van der Waals surface area contributed by atoms with Gasteiger partial charge in [0.15, 0.2) is 0 Å². The Bertz CT molecular complexity index is 1970. The van der Waals surface area contributed by atoms with Gasteiger partial charge >= 0.3 is 17.9 Å². The molecule has 2 atom stereocenters. The van der Waals surface area contributed by atoms with E-state index in [2.05, 4.69) is 81.3 Å². The maximum atomic E-state index is 12.3. The Balaban J connectivity index is 2.05. The molecule has 0 fully saturated rings. The fourth-order valence-electron chi connectivity index (χ4n) is 7.41. The average Bonchev–Trinajstić information content (AvgIpc) is 3.22. The molecule has 0 aliphatic heterocycles. The lowest BCUT2D eigenvalue weighted by molar-refractivity contribution is -0.139. The van der Waals surface area contributed by atoms with Gasteiger partial charge in [0.2, 0.25) is 0 Å². The van der Waals surface area contributed by atoms with Gasteiger partial charge in [-0.2, -0.15) is 0 Å². The zero-order valence-corrected chi connectivity index (χ0v) is 39.8. The number of rotatable bonds is 24. The Kier molecular flexibility index (Phi) is 20.1. The van der Waals surface area contributed by atoms with Gasteiger partial charge in [-0.05, 0) is 140 Å². The van der Waals surface area contributed by atoms with Crippen LogP contribution in [0.15, 0.2) is 91.1 Å². The lowest BCUT2D eigenvalue weighted by atomic mass is 9.71. The summed E-state index contributed by atoms with van der Waals surface area (Å²) in [5.41, 5.74) is 8.65. The van der Waals surface area contributed by atoms with Gasteiger partial charge in [0, 0.05) is 22.6 Å². The molecule has 0 radical (unpaired) electrons. The minimum Gasteiger partial charge on any atom is -0.493 e. The molecule has 2 unspecified atom stereocenters. The normalized spacial score (nSPS) is 13.1. The van der Waals surface area contributed by atoms with Gasteiger partial charge in [0.25, 0.3) is 0 Å². The number of aliphatic hydroxyl groups is 2. The summed E-state index contributed by atoms with van der Waals surface area (Å²) >= 11 is 0. The SMILES string of the molecule is C=C(C)C(=O)OCCCc1ccc(-c2ccc(-c3cc(CCCOC(=O)C(=C)C)c(OCCC(C(O)C(C)(C)C)C(O)C(C)(C)C)c(CCCOC(=O)C(=C)C)c3)c(CC)c2)cc1. The first kappa shape index (κ1) is 52.4. The highest BCUT2D eigenvalue weighted by atomic mass is 16.5. The maximum absolute atomic E-state index is 12.3. The topological polar surface area (TPSA) is 129 Å². The number of hydrogen-bond acceptors (Lipinski definition) is 9. The number of carbonyl (C=O) groups is 3. The molecule has 0 saturated heterocycles. The smallest absolute Gasteiger partial charge is 0.333 e. The molecule has 9 nitrogen and oxygen atoms in total. The second-order valence-electron chi connectivity index (χ2n) is 19.0. The van der Waals surface area contributed by atoms with E-state index < -0.39 is 40.9 Å². The molecule has 0 bridgehead atoms. The summed E-state index contributed by atoms with van der Waals surface area (Å²) in [6.45, 7) is 30.9. The van der Waals surface area contributed by atoms with Gasteiger partial charge in [0.05, 0.1) is 38.6 Å². The van der Waals surface area contributed by atoms with E-state index in [1.165, 1.54) is 5.56 Å². The molecule has 0 aliphatic carbocycles. The Morgan fingerprint density at radius 1 is 0.571 bits per heavy atom. The third-order valence-corrected chi connectivity index (χ3v) is 11.1. The van der Waals surface area contributed by atoms with E-state index in [1.807, 2.05) is 41.5 Å². The van der Waals surface area contributed by atoms with Gasteiger partial charge < -0.3 is 29.2 Å². The van der Waals surface area contributed by atoms with Crippen molar-refractivity contribution in [1.29, 1.82) is 0 Å². The lowest BCUT2D eigenvalue weighted by Gasteiger charge is -2.40. The predicted octanol–water partition coefficient (Wildman–Crippen LogP) is 10.9. The number of aliphatic hydroxyl groups excluding tert-OH is 2. The number of carbonyl (C=O) groups excluding carboxylic acids is 3. The summed E-state index contributed by atoms with van der Waals surface area (Å²) in [5, 5.41) is 23.0. The van der Waals surface area contributed by atoms with Crippen LogP contribution >= 0.6 is 0 Å². The number of esters is 3. The van der Waals surface area contributed by atoms with Crippen LogP contribution in [-0.2, 0) is 54.3 Å². The van der Waals surface area contributed by atoms with Gasteiger partial charge in [-0.1, -0.05) is 111 Å². The molecule has 9 heteroatoms. The second-order valence-corrected chi connectivity index (χ2v) is 19.0. The van der Waals surface area contributed by atoms with E-state index in [9.17, 15) is 24.6 Å². The van der Waals surface area contributed by atoms with Crippen molar-refractivity contribution in [3.63, 3.8) is 0 Å². The van der Waals surface area contributed by atoms with Crippen LogP contribution in [0, 0.1) is 16.7 Å². The van der Waals surface area contributed by atoms with Crippen molar-refractivity contribution in [3.05, 3.63) is 113 Å². The predicted molar refractivity (Wildman–Crippen MR) is 253 cm³/mol. The number of benzene rings is 3. The molecule has 0 aromatic heterocycles. The van der Waals surface area contributed by atoms with Crippen molar-refractivity contribution in [2.75, 3.05) is 26.4 Å². The minimum absolute atomic E-state index is 0.204. The Morgan fingerprint density at radius 2 is 0.984 bits per heavy atom. The third-order valence-electron chi connectivity index (χ3n) is 11.1. The molecular formula is C54H74O9. The van der Waals surface area contributed by atoms with Crippen molar-refractivity contribution in [1.82, 2.24) is 0 Å². The first-order chi connectivity index (χ1) is 29.5. The van der Waals surface area contributed by atoms with E-state index in [4.69, 9.17) is 18.9 Å². The summed E-state index contributed by atoms with van der Waals surface area (Å²) in [6.07, 6.45) is 3.33. The highest BCUT2D eigenvalue weighted by Crippen LogP contribution is 2.39. The van der Waals surface area contributed by atoms with Crippen LogP contribution in [-0.4, -0.2) is 66.8 Å². The summed E-state index contributed by atoms with van der Waals surface area (Å²) in [4.78, 5) is 36.3. The van der Waals surface area contributed by atoms with Crippen LogP contribution in [0.3, 0.4) is 0 Å². The average molecular weight is 867 g/mol. The van der Waals surface area contributed by atoms with Crippen molar-refractivity contribution >= 4 is 17.9 Å². The second kappa shape index (κ2) is 24.2. The number of hydrogen-bond donors (Lipinski definition) is 2. The number of aryl methyl sites for hydroxylation is 4. The molecule has 2 N–H and O–H groups in total. The number of ether oxygens (including phenoxy) is 4. The standard InChI is InChI=1S/C54H74O9/c1-14-39-32-41(40-23-21-38(22-24-40)18-15-28-61-50(57)35(2)3)25-26-45(39)44-33-42(19-16-29-62-51(58)36(4)5)47(43(34-44)20-17-30-63-52(59)37(6)7)60-31-27-46(48(55)53(8,9)10)49(56)54(11,12)13/h21-26,32-34,46,48-49,55-56H,2,4,6,14-20,27-31H2,1,3,5,7-13H3. The third kappa shape index (κ3) is 16.3. The summed E-state index contributed by atoms with van der Waals surface area (Å²) < 4.78 is 23.0.